The Hall–Kier alpha value is -2.30. The topological polar surface area (TPSA) is 63.1 Å². The number of hydrazone groups is 1. The molecular weight excluding hydrogens is 214 g/mol. The molecule has 2 rings (SSSR count). The summed E-state index contributed by atoms with van der Waals surface area (Å²) in [5, 5.41) is 12.0. The predicted octanol–water partition coefficient (Wildman–Crippen LogP) is 2.35. The Morgan fingerprint density at radius 1 is 1.18 bits per heavy atom. The van der Waals surface area contributed by atoms with Crippen LogP contribution in [0.4, 0.5) is 5.82 Å². The van der Waals surface area contributed by atoms with Gasteiger partial charge < -0.3 is 0 Å². The molecule has 5 heteroatoms. The van der Waals surface area contributed by atoms with Crippen LogP contribution in [0.1, 0.15) is 13.8 Å². The third-order valence-corrected chi connectivity index (χ3v) is 2.05. The van der Waals surface area contributed by atoms with E-state index in [2.05, 4.69) is 25.7 Å². The third kappa shape index (κ3) is 2.84. The summed E-state index contributed by atoms with van der Waals surface area (Å²) in [4.78, 5) is 4.14. The van der Waals surface area contributed by atoms with Gasteiger partial charge in [0.25, 0.3) is 0 Å². The van der Waals surface area contributed by atoms with E-state index < -0.39 is 0 Å². The van der Waals surface area contributed by atoms with E-state index in [1.807, 2.05) is 44.2 Å². The second-order valence-electron chi connectivity index (χ2n) is 3.69. The monoisotopic (exact) mass is 227 g/mol. The summed E-state index contributed by atoms with van der Waals surface area (Å²) in [6.45, 7) is 3.81. The van der Waals surface area contributed by atoms with Gasteiger partial charge in [0.2, 0.25) is 0 Å². The quantitative estimate of drug-likeness (QED) is 0.645. The van der Waals surface area contributed by atoms with Crippen LogP contribution in [0.15, 0.2) is 41.8 Å². The van der Waals surface area contributed by atoms with Crippen LogP contribution >= 0.6 is 0 Å². The molecule has 86 valence electrons. The minimum Gasteiger partial charge on any atom is -0.260 e. The van der Waals surface area contributed by atoms with Gasteiger partial charge in [0.15, 0.2) is 5.82 Å². The average Bonchev–Trinajstić information content (AvgIpc) is 2.38. The SMILES string of the molecule is CC(C)=NNc1ncnnc1-c1ccccc1. The van der Waals surface area contributed by atoms with Crippen molar-refractivity contribution >= 4 is 11.5 Å². The van der Waals surface area contributed by atoms with Gasteiger partial charge in [-0.2, -0.15) is 5.10 Å². The first kappa shape index (κ1) is 11.2. The summed E-state index contributed by atoms with van der Waals surface area (Å²) in [5.41, 5.74) is 5.46. The molecule has 0 unspecified atom stereocenters. The molecule has 0 aliphatic heterocycles. The van der Waals surface area contributed by atoms with E-state index in [9.17, 15) is 0 Å². The van der Waals surface area contributed by atoms with E-state index in [0.29, 0.717) is 11.5 Å². The lowest BCUT2D eigenvalue weighted by molar-refractivity contribution is 0.972. The van der Waals surface area contributed by atoms with E-state index in [-0.39, 0.29) is 0 Å². The minimum absolute atomic E-state index is 0.604. The Balaban J connectivity index is 2.38. The van der Waals surface area contributed by atoms with E-state index in [4.69, 9.17) is 0 Å². The third-order valence-electron chi connectivity index (χ3n) is 2.05. The van der Waals surface area contributed by atoms with Crippen LogP contribution < -0.4 is 5.43 Å². The molecule has 2 aromatic rings. The zero-order valence-corrected chi connectivity index (χ0v) is 9.75. The van der Waals surface area contributed by atoms with Crippen molar-refractivity contribution in [3.8, 4) is 11.3 Å². The van der Waals surface area contributed by atoms with E-state index >= 15 is 0 Å². The van der Waals surface area contributed by atoms with Gasteiger partial charge in [0, 0.05) is 11.3 Å². The molecule has 0 aliphatic rings. The van der Waals surface area contributed by atoms with Crippen LogP contribution in [0.2, 0.25) is 0 Å². The van der Waals surface area contributed by atoms with Crippen molar-refractivity contribution in [2.24, 2.45) is 5.10 Å². The summed E-state index contributed by atoms with van der Waals surface area (Å²) < 4.78 is 0. The highest BCUT2D eigenvalue weighted by atomic mass is 15.3. The van der Waals surface area contributed by atoms with Gasteiger partial charge in [0.05, 0.1) is 0 Å². The highest BCUT2D eigenvalue weighted by Gasteiger charge is 2.07. The smallest absolute Gasteiger partial charge is 0.176 e. The van der Waals surface area contributed by atoms with Crippen LogP contribution in [-0.4, -0.2) is 20.9 Å². The van der Waals surface area contributed by atoms with Crippen LogP contribution in [0, 0.1) is 0 Å². The van der Waals surface area contributed by atoms with Gasteiger partial charge in [-0.25, -0.2) is 4.98 Å². The molecule has 0 fully saturated rings. The van der Waals surface area contributed by atoms with Crippen molar-refractivity contribution in [3.05, 3.63) is 36.7 Å². The molecule has 0 bridgehead atoms. The first-order chi connectivity index (χ1) is 8.27. The zero-order chi connectivity index (χ0) is 12.1. The highest BCUT2D eigenvalue weighted by molar-refractivity contribution is 5.80. The number of nitrogens with one attached hydrogen (secondary N) is 1. The average molecular weight is 227 g/mol. The first-order valence-electron chi connectivity index (χ1n) is 5.27. The lowest BCUT2D eigenvalue weighted by Crippen LogP contribution is -2.01. The molecule has 1 aromatic heterocycles. The minimum atomic E-state index is 0.604. The normalized spacial score (nSPS) is 9.76. The number of anilines is 1. The van der Waals surface area contributed by atoms with Crippen LogP contribution in [0.3, 0.4) is 0 Å². The van der Waals surface area contributed by atoms with Crippen molar-refractivity contribution in [3.63, 3.8) is 0 Å². The molecule has 0 radical (unpaired) electrons. The zero-order valence-electron chi connectivity index (χ0n) is 9.75. The standard InChI is InChI=1S/C12H13N5/c1-9(2)15-17-12-11(16-14-8-13-12)10-6-4-3-5-7-10/h3-8H,1-2H3,(H,13,14,17). The molecule has 5 nitrogen and oxygen atoms in total. The second kappa shape index (κ2) is 5.16. The summed E-state index contributed by atoms with van der Waals surface area (Å²) in [6, 6.07) is 9.76. The molecular formula is C12H13N5. The molecule has 0 aliphatic carbocycles. The number of aromatic nitrogens is 3. The van der Waals surface area contributed by atoms with E-state index in [0.717, 1.165) is 11.3 Å². The maximum Gasteiger partial charge on any atom is 0.176 e. The summed E-state index contributed by atoms with van der Waals surface area (Å²) >= 11 is 0. The lowest BCUT2D eigenvalue weighted by atomic mass is 10.1. The number of benzene rings is 1. The Kier molecular flexibility index (Phi) is 3.40. The summed E-state index contributed by atoms with van der Waals surface area (Å²) in [5.74, 6) is 0.604. The Morgan fingerprint density at radius 2 is 1.94 bits per heavy atom. The molecule has 17 heavy (non-hydrogen) atoms. The van der Waals surface area contributed by atoms with Crippen molar-refractivity contribution in [2.45, 2.75) is 13.8 Å². The molecule has 0 spiro atoms. The summed E-state index contributed by atoms with van der Waals surface area (Å²) in [7, 11) is 0. The van der Waals surface area contributed by atoms with Crippen LogP contribution in [0.25, 0.3) is 11.3 Å². The van der Waals surface area contributed by atoms with Crippen molar-refractivity contribution in [1.82, 2.24) is 15.2 Å². The van der Waals surface area contributed by atoms with E-state index in [1.54, 1.807) is 0 Å². The van der Waals surface area contributed by atoms with Crippen molar-refractivity contribution in [2.75, 3.05) is 5.43 Å². The molecule has 1 N–H and O–H groups in total. The molecule has 0 saturated heterocycles. The van der Waals surface area contributed by atoms with Gasteiger partial charge in [0.1, 0.15) is 12.0 Å². The van der Waals surface area contributed by atoms with Gasteiger partial charge in [-0.1, -0.05) is 30.3 Å². The number of hydrogen-bond acceptors (Lipinski definition) is 5. The maximum absolute atomic E-state index is 4.14. The number of nitrogens with zero attached hydrogens (tertiary/aromatic N) is 4. The first-order valence-corrected chi connectivity index (χ1v) is 5.27. The molecule has 0 amide bonds. The lowest BCUT2D eigenvalue weighted by Gasteiger charge is -2.05. The molecule has 0 saturated carbocycles. The van der Waals surface area contributed by atoms with Gasteiger partial charge >= 0.3 is 0 Å². The van der Waals surface area contributed by atoms with Crippen molar-refractivity contribution in [1.29, 1.82) is 0 Å². The largest absolute Gasteiger partial charge is 0.260 e. The fraction of sp³-hybridized carbons (Fsp3) is 0.167. The second-order valence-corrected chi connectivity index (χ2v) is 3.69. The Bertz CT molecular complexity index is 517. The Labute approximate surface area is 99.6 Å². The van der Waals surface area contributed by atoms with Gasteiger partial charge in [-0.3, -0.25) is 5.43 Å². The predicted molar refractivity (Wildman–Crippen MR) is 67.7 cm³/mol. The number of hydrogen-bond donors (Lipinski definition) is 1. The number of rotatable bonds is 3. The van der Waals surface area contributed by atoms with E-state index in [1.165, 1.54) is 6.33 Å². The fourth-order valence-corrected chi connectivity index (χ4v) is 1.31. The highest BCUT2D eigenvalue weighted by Crippen LogP contribution is 2.22. The van der Waals surface area contributed by atoms with Crippen molar-refractivity contribution < 1.29 is 0 Å². The molecule has 0 atom stereocenters. The fourth-order valence-electron chi connectivity index (χ4n) is 1.31. The Morgan fingerprint density at radius 3 is 2.65 bits per heavy atom. The molecule has 1 heterocycles. The maximum atomic E-state index is 4.14. The van der Waals surface area contributed by atoms with Gasteiger partial charge in [-0.05, 0) is 13.8 Å². The van der Waals surface area contributed by atoms with Crippen LogP contribution in [0.5, 0.6) is 0 Å². The van der Waals surface area contributed by atoms with Gasteiger partial charge in [-0.15, -0.1) is 10.2 Å². The molecule has 1 aromatic carbocycles. The van der Waals surface area contributed by atoms with Crippen LogP contribution in [-0.2, 0) is 0 Å². The summed E-state index contributed by atoms with van der Waals surface area (Å²) in [6.07, 6.45) is 1.40.